The Morgan fingerprint density at radius 2 is 1.91 bits per heavy atom. The highest BCUT2D eigenvalue weighted by atomic mass is 16.5. The molecule has 0 spiro atoms. The summed E-state index contributed by atoms with van der Waals surface area (Å²) in [7, 11) is 1.57. The standard InChI is InChI=1S/C23H26N8O2/c1-16-15-19(27-26-16)24-21-18-9-6-10-31(18)28-23(25-21)30-13-11-29(12-14-30)22(32)20(33-2)17-7-4-3-5-8-17/h3-10,15,20H,11-14H2,1-2H3,(H2,24,25,26,27,28)/t20-/m1/s1. The summed E-state index contributed by atoms with van der Waals surface area (Å²) in [6, 6.07) is 15.4. The number of nitrogens with one attached hydrogen (secondary N) is 2. The van der Waals surface area contributed by atoms with E-state index in [1.54, 1.807) is 11.6 Å². The molecule has 0 radical (unpaired) electrons. The van der Waals surface area contributed by atoms with Crippen molar-refractivity contribution in [3.05, 3.63) is 66.0 Å². The summed E-state index contributed by atoms with van der Waals surface area (Å²) in [5, 5.41) is 15.1. The van der Waals surface area contributed by atoms with Gasteiger partial charge < -0.3 is 19.9 Å². The van der Waals surface area contributed by atoms with Crippen LogP contribution in [0.2, 0.25) is 0 Å². The molecule has 1 amide bonds. The van der Waals surface area contributed by atoms with Crippen LogP contribution >= 0.6 is 0 Å². The molecule has 1 aromatic carbocycles. The molecule has 0 unspecified atom stereocenters. The minimum atomic E-state index is -0.599. The molecule has 10 nitrogen and oxygen atoms in total. The minimum absolute atomic E-state index is 0.0265. The number of carbonyl (C=O) groups excluding carboxylic acids is 1. The lowest BCUT2D eigenvalue weighted by Crippen LogP contribution is -2.50. The molecule has 1 aliphatic heterocycles. The quantitative estimate of drug-likeness (QED) is 0.469. The number of H-pyrrole nitrogens is 1. The number of aromatic amines is 1. The summed E-state index contributed by atoms with van der Waals surface area (Å²) in [4.78, 5) is 21.8. The summed E-state index contributed by atoms with van der Waals surface area (Å²) in [5.41, 5.74) is 2.68. The van der Waals surface area contributed by atoms with Gasteiger partial charge in [-0.2, -0.15) is 10.1 Å². The van der Waals surface area contributed by atoms with Crippen LogP contribution in [0.5, 0.6) is 0 Å². The van der Waals surface area contributed by atoms with E-state index in [-0.39, 0.29) is 5.91 Å². The van der Waals surface area contributed by atoms with Gasteiger partial charge in [-0.3, -0.25) is 9.89 Å². The zero-order valence-electron chi connectivity index (χ0n) is 18.6. The predicted octanol–water partition coefficient (Wildman–Crippen LogP) is 2.54. The number of fused-ring (bicyclic) bond motifs is 1. The number of carbonyl (C=O) groups is 1. The van der Waals surface area contributed by atoms with Gasteiger partial charge in [-0.05, 0) is 24.6 Å². The maximum atomic E-state index is 13.1. The van der Waals surface area contributed by atoms with Crippen molar-refractivity contribution in [3.8, 4) is 0 Å². The Kier molecular flexibility index (Phi) is 5.66. The molecular formula is C23H26N8O2. The maximum Gasteiger partial charge on any atom is 0.256 e. The van der Waals surface area contributed by atoms with E-state index in [1.165, 1.54) is 0 Å². The third-order valence-corrected chi connectivity index (χ3v) is 5.77. The Labute approximate surface area is 191 Å². The number of hydrogen-bond acceptors (Lipinski definition) is 7. The molecule has 10 heteroatoms. The van der Waals surface area contributed by atoms with Crippen molar-refractivity contribution in [1.82, 2.24) is 29.7 Å². The Morgan fingerprint density at radius 3 is 2.61 bits per heavy atom. The molecule has 1 saturated heterocycles. The lowest BCUT2D eigenvalue weighted by atomic mass is 10.1. The fourth-order valence-corrected chi connectivity index (χ4v) is 4.05. The summed E-state index contributed by atoms with van der Waals surface area (Å²) in [6.07, 6.45) is 1.29. The van der Waals surface area contributed by atoms with E-state index in [9.17, 15) is 4.79 Å². The van der Waals surface area contributed by atoms with Gasteiger partial charge in [-0.1, -0.05) is 30.3 Å². The SMILES string of the molecule is CO[C@@H](C(=O)N1CCN(c2nc(Nc3cc(C)[nH]n3)c3cccn3n2)CC1)c1ccccc1. The first-order chi connectivity index (χ1) is 16.1. The fourth-order valence-electron chi connectivity index (χ4n) is 4.05. The summed E-state index contributed by atoms with van der Waals surface area (Å²) in [5.74, 6) is 1.95. The van der Waals surface area contributed by atoms with Gasteiger partial charge in [-0.25, -0.2) is 4.52 Å². The Bertz CT molecular complexity index is 1240. The highest BCUT2D eigenvalue weighted by Crippen LogP contribution is 2.24. The number of amides is 1. The van der Waals surface area contributed by atoms with Crippen molar-refractivity contribution in [2.75, 3.05) is 43.5 Å². The molecule has 2 N–H and O–H groups in total. The fraction of sp³-hybridized carbons (Fsp3) is 0.304. The van der Waals surface area contributed by atoms with E-state index >= 15 is 0 Å². The number of methoxy groups -OCH3 is 1. The topological polar surface area (TPSA) is 104 Å². The van der Waals surface area contributed by atoms with Gasteiger partial charge in [0.05, 0.1) is 0 Å². The first kappa shape index (κ1) is 21.0. The van der Waals surface area contributed by atoms with Crippen LogP contribution in [-0.2, 0) is 9.53 Å². The molecule has 0 bridgehead atoms. The molecule has 170 valence electrons. The number of hydrogen-bond donors (Lipinski definition) is 2. The van der Waals surface area contributed by atoms with E-state index < -0.39 is 6.10 Å². The minimum Gasteiger partial charge on any atom is -0.367 e. The smallest absolute Gasteiger partial charge is 0.256 e. The van der Waals surface area contributed by atoms with E-state index in [1.807, 2.05) is 66.6 Å². The first-order valence-corrected chi connectivity index (χ1v) is 10.9. The zero-order chi connectivity index (χ0) is 22.8. The molecule has 4 heterocycles. The largest absolute Gasteiger partial charge is 0.367 e. The van der Waals surface area contributed by atoms with E-state index in [0.717, 1.165) is 16.8 Å². The summed E-state index contributed by atoms with van der Waals surface area (Å²) < 4.78 is 7.33. The molecule has 1 fully saturated rings. The summed E-state index contributed by atoms with van der Waals surface area (Å²) >= 11 is 0. The molecule has 1 aliphatic rings. The van der Waals surface area contributed by atoms with Crippen LogP contribution in [-0.4, -0.2) is 68.9 Å². The highest BCUT2D eigenvalue weighted by Gasteiger charge is 2.29. The number of nitrogens with zero attached hydrogens (tertiary/aromatic N) is 6. The molecule has 33 heavy (non-hydrogen) atoms. The molecule has 4 aromatic rings. The van der Waals surface area contributed by atoms with Crippen molar-refractivity contribution < 1.29 is 9.53 Å². The molecule has 5 rings (SSSR count). The average Bonchev–Trinajstić information content (AvgIpc) is 3.49. The van der Waals surface area contributed by atoms with E-state index in [2.05, 4.69) is 25.5 Å². The van der Waals surface area contributed by atoms with Crippen LogP contribution in [0.4, 0.5) is 17.6 Å². The third-order valence-electron chi connectivity index (χ3n) is 5.77. The van der Waals surface area contributed by atoms with Gasteiger partial charge >= 0.3 is 0 Å². The normalized spacial score (nSPS) is 15.1. The van der Waals surface area contributed by atoms with E-state index in [4.69, 9.17) is 9.72 Å². The predicted molar refractivity (Wildman–Crippen MR) is 125 cm³/mol. The highest BCUT2D eigenvalue weighted by molar-refractivity contribution is 5.82. The van der Waals surface area contributed by atoms with Crippen molar-refractivity contribution in [2.45, 2.75) is 13.0 Å². The Morgan fingerprint density at radius 1 is 1.12 bits per heavy atom. The van der Waals surface area contributed by atoms with Crippen LogP contribution in [0.25, 0.3) is 5.52 Å². The van der Waals surface area contributed by atoms with Gasteiger partial charge in [0.25, 0.3) is 5.91 Å². The van der Waals surface area contributed by atoms with Crippen molar-refractivity contribution in [1.29, 1.82) is 0 Å². The number of rotatable bonds is 6. The van der Waals surface area contributed by atoms with Crippen LogP contribution in [0.15, 0.2) is 54.7 Å². The third kappa shape index (κ3) is 4.24. The molecule has 1 atom stereocenters. The second kappa shape index (κ2) is 8.91. The number of piperazine rings is 1. The molecular weight excluding hydrogens is 420 g/mol. The lowest BCUT2D eigenvalue weighted by Gasteiger charge is -2.36. The van der Waals surface area contributed by atoms with Gasteiger partial charge in [0.2, 0.25) is 5.95 Å². The molecule has 0 saturated carbocycles. The van der Waals surface area contributed by atoms with Gasteiger partial charge in [0.1, 0.15) is 5.52 Å². The maximum absolute atomic E-state index is 13.1. The van der Waals surface area contributed by atoms with Crippen LogP contribution in [0.3, 0.4) is 0 Å². The van der Waals surface area contributed by atoms with Crippen LogP contribution in [0.1, 0.15) is 17.4 Å². The summed E-state index contributed by atoms with van der Waals surface area (Å²) in [6.45, 7) is 4.35. The number of aryl methyl sites for hydroxylation is 1. The number of ether oxygens (including phenoxy) is 1. The van der Waals surface area contributed by atoms with Crippen LogP contribution in [0, 0.1) is 6.92 Å². The Hall–Kier alpha value is -3.92. The number of anilines is 3. The monoisotopic (exact) mass is 446 g/mol. The average molecular weight is 447 g/mol. The van der Waals surface area contributed by atoms with Gasteiger partial charge in [0, 0.05) is 51.2 Å². The first-order valence-electron chi connectivity index (χ1n) is 10.9. The lowest BCUT2D eigenvalue weighted by molar-refractivity contribution is -0.142. The van der Waals surface area contributed by atoms with Crippen molar-refractivity contribution in [2.24, 2.45) is 0 Å². The van der Waals surface area contributed by atoms with Crippen molar-refractivity contribution >= 4 is 29.0 Å². The van der Waals surface area contributed by atoms with E-state index in [0.29, 0.717) is 43.8 Å². The second-order valence-electron chi connectivity index (χ2n) is 8.00. The zero-order valence-corrected chi connectivity index (χ0v) is 18.6. The second-order valence-corrected chi connectivity index (χ2v) is 8.00. The van der Waals surface area contributed by atoms with Crippen molar-refractivity contribution in [3.63, 3.8) is 0 Å². The molecule has 3 aromatic heterocycles. The van der Waals surface area contributed by atoms with Gasteiger partial charge in [0.15, 0.2) is 17.7 Å². The van der Waals surface area contributed by atoms with Crippen LogP contribution < -0.4 is 10.2 Å². The number of benzene rings is 1. The Balaban J connectivity index is 1.31. The van der Waals surface area contributed by atoms with Gasteiger partial charge in [-0.15, -0.1) is 5.10 Å². The molecule has 0 aliphatic carbocycles. The number of aromatic nitrogens is 5.